The van der Waals surface area contributed by atoms with E-state index in [0.717, 1.165) is 0 Å². The number of aryl methyl sites for hydroxylation is 2. The summed E-state index contributed by atoms with van der Waals surface area (Å²) >= 11 is 0. The molecule has 0 aliphatic carbocycles. The minimum Gasteiger partial charge on any atom is -0.503 e. The number of aromatic nitrogens is 1. The van der Waals surface area contributed by atoms with E-state index in [2.05, 4.69) is 4.98 Å². The zero-order valence-electron chi connectivity index (χ0n) is 9.27. The summed E-state index contributed by atoms with van der Waals surface area (Å²) in [5, 5.41) is 9.50. The lowest BCUT2D eigenvalue weighted by Crippen LogP contribution is -2.29. The van der Waals surface area contributed by atoms with Crippen molar-refractivity contribution < 1.29 is 5.11 Å². The molecule has 0 saturated carbocycles. The van der Waals surface area contributed by atoms with Gasteiger partial charge in [0.05, 0.1) is 5.56 Å². The summed E-state index contributed by atoms with van der Waals surface area (Å²) in [7, 11) is 0. The Morgan fingerprint density at radius 3 is 1.88 bits per heavy atom. The lowest BCUT2D eigenvalue weighted by molar-refractivity contribution is 0.474. The minimum atomic E-state index is -1.19. The highest BCUT2D eigenvalue weighted by atomic mass is 16.3. The first kappa shape index (κ1) is 11.2. The summed E-state index contributed by atoms with van der Waals surface area (Å²) in [4.78, 5) is 38.0. The van der Waals surface area contributed by atoms with Gasteiger partial charge >= 0.3 is 0 Å². The molecule has 5 nitrogen and oxygen atoms in total. The topological polar surface area (TPSA) is 84.3 Å². The second kappa shape index (κ2) is 3.62. The fourth-order valence-corrected chi connectivity index (χ4v) is 1.79. The van der Waals surface area contributed by atoms with E-state index in [1.165, 1.54) is 0 Å². The highest BCUT2D eigenvalue weighted by molar-refractivity contribution is 5.71. The molecule has 1 aromatic heterocycles. The second-order valence-electron chi connectivity index (χ2n) is 3.85. The Kier molecular flexibility index (Phi) is 2.38. The summed E-state index contributed by atoms with van der Waals surface area (Å²) in [5.74, 6) is -0.773. The van der Waals surface area contributed by atoms with Crippen LogP contribution in [0.15, 0.2) is 26.5 Å². The average molecular weight is 231 g/mol. The van der Waals surface area contributed by atoms with Gasteiger partial charge in [0.15, 0.2) is 5.75 Å². The van der Waals surface area contributed by atoms with Crippen molar-refractivity contribution in [3.05, 3.63) is 54.2 Å². The third-order valence-corrected chi connectivity index (χ3v) is 2.46. The quantitative estimate of drug-likeness (QED) is 0.700. The number of pyridine rings is 1. The van der Waals surface area contributed by atoms with Crippen LogP contribution in [0.3, 0.4) is 0 Å². The first-order chi connectivity index (χ1) is 7.91. The van der Waals surface area contributed by atoms with E-state index in [4.69, 9.17) is 0 Å². The largest absolute Gasteiger partial charge is 0.503 e. The smallest absolute Gasteiger partial charge is 0.277 e. The molecule has 0 saturated heterocycles. The van der Waals surface area contributed by atoms with E-state index in [1.807, 2.05) is 0 Å². The zero-order valence-corrected chi connectivity index (χ0v) is 9.27. The maximum atomic E-state index is 11.5. The van der Waals surface area contributed by atoms with Crippen LogP contribution in [0.4, 0.5) is 0 Å². The van der Waals surface area contributed by atoms with E-state index in [9.17, 15) is 19.5 Å². The number of aromatic hydroxyl groups is 1. The first-order valence-electron chi connectivity index (χ1n) is 4.94. The molecule has 17 heavy (non-hydrogen) atoms. The molecule has 1 N–H and O–H groups in total. The average Bonchev–Trinajstić information content (AvgIpc) is 2.42. The van der Waals surface area contributed by atoms with Gasteiger partial charge in [-0.2, -0.15) is 0 Å². The van der Waals surface area contributed by atoms with Crippen LogP contribution in [-0.2, 0) is 0 Å². The van der Waals surface area contributed by atoms with Crippen molar-refractivity contribution >= 4 is 0 Å². The monoisotopic (exact) mass is 231 g/mol. The molecular formula is C12H9NO4. The van der Waals surface area contributed by atoms with Gasteiger partial charge in [0, 0.05) is 11.4 Å². The predicted octanol–water partition coefficient (Wildman–Crippen LogP) is 0.0272. The van der Waals surface area contributed by atoms with E-state index in [1.54, 1.807) is 26.0 Å². The molecule has 0 aliphatic heterocycles. The summed E-state index contributed by atoms with van der Waals surface area (Å²) in [6.45, 7) is 3.44. The molecule has 0 bridgehead atoms. The third kappa shape index (κ3) is 1.65. The highest BCUT2D eigenvalue weighted by Crippen LogP contribution is 2.22. The molecular weight excluding hydrogens is 222 g/mol. The number of hydrogen-bond donors (Lipinski definition) is 1. The zero-order chi connectivity index (χ0) is 12.7. The third-order valence-electron chi connectivity index (χ3n) is 2.46. The maximum Gasteiger partial charge on any atom is 0.277 e. The lowest BCUT2D eigenvalue weighted by Gasteiger charge is -2.01. The Morgan fingerprint density at radius 2 is 1.47 bits per heavy atom. The van der Waals surface area contributed by atoms with E-state index in [0.29, 0.717) is 17.0 Å². The summed E-state index contributed by atoms with van der Waals surface area (Å²) in [5.41, 5.74) is -1.90. The number of nitrogens with zero attached hydrogens (tertiary/aromatic N) is 1. The highest BCUT2D eigenvalue weighted by Gasteiger charge is 2.20. The Balaban J connectivity index is 2.87. The molecule has 2 rings (SSSR count). The maximum absolute atomic E-state index is 11.5. The summed E-state index contributed by atoms with van der Waals surface area (Å²) in [6.07, 6.45) is 0. The molecule has 0 spiro atoms. The van der Waals surface area contributed by atoms with Crippen molar-refractivity contribution in [2.24, 2.45) is 0 Å². The van der Waals surface area contributed by atoms with Gasteiger partial charge in [-0.05, 0) is 31.5 Å². The van der Waals surface area contributed by atoms with Crippen molar-refractivity contribution in [1.29, 1.82) is 0 Å². The molecule has 2 aromatic rings. The van der Waals surface area contributed by atoms with Crippen LogP contribution in [0, 0.1) is 13.8 Å². The van der Waals surface area contributed by atoms with Gasteiger partial charge in [-0.1, -0.05) is 0 Å². The van der Waals surface area contributed by atoms with Crippen LogP contribution in [-0.4, -0.2) is 10.1 Å². The standard InChI is InChI=1S/C12H9NO4/c1-5-3-7(4-6(2)13-5)8-9(14)11(16)12(17)10(8)15/h3-4,14H,1-2H3. The minimum absolute atomic E-state index is 0.228. The molecule has 0 amide bonds. The van der Waals surface area contributed by atoms with Gasteiger partial charge in [0.25, 0.3) is 10.9 Å². The van der Waals surface area contributed by atoms with Crippen molar-refractivity contribution in [2.75, 3.05) is 0 Å². The van der Waals surface area contributed by atoms with Crippen LogP contribution in [0.5, 0.6) is 5.75 Å². The van der Waals surface area contributed by atoms with Gasteiger partial charge in [-0.3, -0.25) is 19.4 Å². The Morgan fingerprint density at radius 1 is 0.941 bits per heavy atom. The van der Waals surface area contributed by atoms with Crippen molar-refractivity contribution in [1.82, 2.24) is 4.98 Å². The molecule has 0 unspecified atom stereocenters. The van der Waals surface area contributed by atoms with Crippen LogP contribution < -0.4 is 16.3 Å². The van der Waals surface area contributed by atoms with E-state index in [-0.39, 0.29) is 5.56 Å². The summed E-state index contributed by atoms with van der Waals surface area (Å²) < 4.78 is 0. The molecule has 1 aromatic carbocycles. The Hall–Kier alpha value is -2.30. The summed E-state index contributed by atoms with van der Waals surface area (Å²) in [6, 6.07) is 3.09. The Labute approximate surface area is 95.7 Å². The Bertz CT molecular complexity index is 719. The SMILES string of the molecule is Cc1cc(-c2c(O)c(=O)c(=O)c2=O)cc(C)n1. The molecule has 0 aliphatic rings. The molecule has 0 atom stereocenters. The van der Waals surface area contributed by atoms with E-state index >= 15 is 0 Å². The van der Waals surface area contributed by atoms with Crippen molar-refractivity contribution in [2.45, 2.75) is 13.8 Å². The fraction of sp³-hybridized carbons (Fsp3) is 0.167. The van der Waals surface area contributed by atoms with Gasteiger partial charge in [-0.15, -0.1) is 0 Å². The second-order valence-corrected chi connectivity index (χ2v) is 3.85. The fourth-order valence-electron chi connectivity index (χ4n) is 1.79. The molecule has 5 heteroatoms. The van der Waals surface area contributed by atoms with Crippen LogP contribution in [0.2, 0.25) is 0 Å². The van der Waals surface area contributed by atoms with Crippen molar-refractivity contribution in [3.63, 3.8) is 0 Å². The first-order valence-corrected chi connectivity index (χ1v) is 4.94. The van der Waals surface area contributed by atoms with Gasteiger partial charge in [0.1, 0.15) is 0 Å². The predicted molar refractivity (Wildman–Crippen MR) is 62.0 cm³/mol. The van der Waals surface area contributed by atoms with E-state index < -0.39 is 22.0 Å². The number of rotatable bonds is 1. The molecule has 0 radical (unpaired) electrons. The normalized spacial score (nSPS) is 10.7. The van der Waals surface area contributed by atoms with Gasteiger partial charge in [-0.25, -0.2) is 0 Å². The van der Waals surface area contributed by atoms with Crippen LogP contribution >= 0.6 is 0 Å². The van der Waals surface area contributed by atoms with Crippen molar-refractivity contribution in [3.8, 4) is 16.9 Å². The number of hydrogen-bond acceptors (Lipinski definition) is 5. The van der Waals surface area contributed by atoms with Crippen LogP contribution in [0.1, 0.15) is 11.4 Å². The molecule has 1 heterocycles. The van der Waals surface area contributed by atoms with Crippen LogP contribution in [0.25, 0.3) is 11.1 Å². The molecule has 0 fully saturated rings. The lowest BCUT2D eigenvalue weighted by atomic mass is 10.1. The molecule has 86 valence electrons. The van der Waals surface area contributed by atoms with Gasteiger partial charge < -0.3 is 5.11 Å². The van der Waals surface area contributed by atoms with Gasteiger partial charge in [0.2, 0.25) is 5.43 Å².